The minimum absolute atomic E-state index is 0.0294. The molecule has 0 saturated carbocycles. The smallest absolute Gasteiger partial charge is 0.262 e. The number of hydrogen-bond donors (Lipinski definition) is 2. The Bertz CT molecular complexity index is 1060. The van der Waals surface area contributed by atoms with Gasteiger partial charge in [-0.1, -0.05) is 11.6 Å². The predicted octanol–water partition coefficient (Wildman–Crippen LogP) is 3.81. The van der Waals surface area contributed by atoms with Crippen LogP contribution >= 0.6 is 11.6 Å². The van der Waals surface area contributed by atoms with E-state index in [0.29, 0.717) is 28.7 Å². The molecule has 0 spiro atoms. The maximum absolute atomic E-state index is 13.8. The van der Waals surface area contributed by atoms with E-state index in [9.17, 15) is 19.1 Å². The lowest BCUT2D eigenvalue weighted by Crippen LogP contribution is -2.24. The van der Waals surface area contributed by atoms with Crippen molar-refractivity contribution in [1.82, 2.24) is 9.88 Å². The van der Waals surface area contributed by atoms with Crippen molar-refractivity contribution in [2.75, 3.05) is 6.54 Å². The van der Waals surface area contributed by atoms with Gasteiger partial charge in [-0.05, 0) is 55.8 Å². The molecule has 140 valence electrons. The van der Waals surface area contributed by atoms with E-state index in [2.05, 4.69) is 5.32 Å². The molecule has 0 bridgehead atoms. The summed E-state index contributed by atoms with van der Waals surface area (Å²) in [5.74, 6) is -1.28. The summed E-state index contributed by atoms with van der Waals surface area (Å²) in [6.45, 7) is 4.03. The summed E-state index contributed by atoms with van der Waals surface area (Å²) in [6.07, 6.45) is 0.0644. The van der Waals surface area contributed by atoms with Crippen molar-refractivity contribution in [3.63, 3.8) is 0 Å². The second kappa shape index (κ2) is 7.40. The van der Waals surface area contributed by atoms with E-state index in [1.807, 2.05) is 6.92 Å². The van der Waals surface area contributed by atoms with E-state index in [1.165, 1.54) is 28.8 Å². The Morgan fingerprint density at radius 2 is 1.96 bits per heavy atom. The summed E-state index contributed by atoms with van der Waals surface area (Å²) in [5, 5.41) is 13.1. The number of carbonyl (C=O) groups excluding carboxylic acids is 2. The fourth-order valence-corrected chi connectivity index (χ4v) is 3.25. The number of benzene rings is 2. The first-order chi connectivity index (χ1) is 12.8. The van der Waals surface area contributed by atoms with Gasteiger partial charge in [-0.15, -0.1) is 0 Å². The zero-order chi connectivity index (χ0) is 19.7. The number of aromatic hydroxyl groups is 1. The molecule has 7 heteroatoms. The van der Waals surface area contributed by atoms with Gasteiger partial charge in [-0.2, -0.15) is 0 Å². The molecular weight excluding hydrogens is 371 g/mol. The largest absolute Gasteiger partial charge is 0.508 e. The van der Waals surface area contributed by atoms with Crippen LogP contribution in [0.25, 0.3) is 10.9 Å². The van der Waals surface area contributed by atoms with Gasteiger partial charge >= 0.3 is 0 Å². The molecule has 0 aliphatic heterocycles. The lowest BCUT2D eigenvalue weighted by atomic mass is 10.1. The highest BCUT2D eigenvalue weighted by atomic mass is 35.5. The van der Waals surface area contributed by atoms with Crippen LogP contribution in [0.5, 0.6) is 5.75 Å². The number of halogens is 2. The van der Waals surface area contributed by atoms with Gasteiger partial charge in [0.05, 0.1) is 17.0 Å². The van der Waals surface area contributed by atoms with Crippen LogP contribution < -0.4 is 5.32 Å². The molecule has 0 unspecified atom stereocenters. The number of hydrogen-bond acceptors (Lipinski definition) is 3. The van der Waals surface area contributed by atoms with Crippen LogP contribution in [0.4, 0.5) is 4.39 Å². The van der Waals surface area contributed by atoms with Crippen molar-refractivity contribution < 1.29 is 19.1 Å². The van der Waals surface area contributed by atoms with Crippen molar-refractivity contribution >= 4 is 34.3 Å². The molecule has 0 saturated heterocycles. The second-order valence-electron chi connectivity index (χ2n) is 6.17. The lowest BCUT2D eigenvalue weighted by molar-refractivity contribution is -0.120. The summed E-state index contributed by atoms with van der Waals surface area (Å²) < 4.78 is 15.2. The van der Waals surface area contributed by atoms with Crippen molar-refractivity contribution in [2.45, 2.75) is 20.3 Å². The lowest BCUT2D eigenvalue weighted by Gasteiger charge is -2.08. The molecule has 1 aromatic heterocycles. The van der Waals surface area contributed by atoms with Crippen molar-refractivity contribution in [3.8, 4) is 5.75 Å². The molecule has 3 aromatic rings. The highest BCUT2D eigenvalue weighted by molar-refractivity contribution is 6.30. The first-order valence-electron chi connectivity index (χ1n) is 8.42. The average molecular weight is 389 g/mol. The van der Waals surface area contributed by atoms with Crippen LogP contribution in [0.3, 0.4) is 0 Å². The fraction of sp³-hybridized carbons (Fsp3) is 0.200. The Morgan fingerprint density at radius 3 is 2.63 bits per heavy atom. The molecule has 2 N–H and O–H groups in total. The number of carbonyl (C=O) groups is 2. The highest BCUT2D eigenvalue weighted by Gasteiger charge is 2.22. The highest BCUT2D eigenvalue weighted by Crippen LogP contribution is 2.30. The van der Waals surface area contributed by atoms with Crippen LogP contribution in [0.2, 0.25) is 5.02 Å². The Morgan fingerprint density at radius 1 is 1.22 bits per heavy atom. The number of nitrogens with zero attached hydrogens (tertiary/aromatic N) is 1. The molecule has 0 radical (unpaired) electrons. The molecule has 1 amide bonds. The molecule has 5 nitrogen and oxygen atoms in total. The molecule has 0 aliphatic rings. The zero-order valence-electron chi connectivity index (χ0n) is 14.8. The Kier molecular flexibility index (Phi) is 5.19. The molecule has 0 fully saturated rings. The first-order valence-corrected chi connectivity index (χ1v) is 8.80. The first kappa shape index (κ1) is 18.9. The zero-order valence-corrected chi connectivity index (χ0v) is 15.6. The molecule has 2 aromatic carbocycles. The van der Waals surface area contributed by atoms with Gasteiger partial charge < -0.3 is 10.4 Å². The van der Waals surface area contributed by atoms with Gasteiger partial charge in [0.25, 0.3) is 5.91 Å². The number of phenolic OH excluding ortho intramolecular Hbond substituents is 1. The second-order valence-corrected chi connectivity index (χ2v) is 6.57. The standard InChI is InChI=1S/C20H18ClFN2O3/c1-3-23-19(26)10-14-11(2)24(18-7-5-13(25)9-15(14)18)20(27)12-4-6-16(21)17(22)8-12/h4-9,25H,3,10H2,1-2H3,(H,23,26). The van der Waals surface area contributed by atoms with Gasteiger partial charge in [0.2, 0.25) is 5.91 Å². The monoisotopic (exact) mass is 388 g/mol. The van der Waals surface area contributed by atoms with Crippen molar-refractivity contribution in [2.24, 2.45) is 0 Å². The van der Waals surface area contributed by atoms with E-state index in [0.717, 1.165) is 6.07 Å². The van der Waals surface area contributed by atoms with E-state index < -0.39 is 11.7 Å². The third-order valence-corrected chi connectivity index (χ3v) is 4.71. The Balaban J connectivity index is 2.17. The number of nitrogens with one attached hydrogen (secondary N) is 1. The maximum Gasteiger partial charge on any atom is 0.262 e. The number of amides is 1. The van der Waals surface area contributed by atoms with Crippen LogP contribution in [0.1, 0.15) is 28.5 Å². The number of likely N-dealkylation sites (N-methyl/N-ethyl adjacent to an activating group) is 1. The van der Waals surface area contributed by atoms with Gasteiger partial charge in [0, 0.05) is 23.2 Å². The minimum atomic E-state index is -0.683. The van der Waals surface area contributed by atoms with Crippen molar-refractivity contribution in [1.29, 1.82) is 0 Å². The third-order valence-electron chi connectivity index (χ3n) is 4.40. The summed E-state index contributed by atoms with van der Waals surface area (Å²) in [6, 6.07) is 8.44. The maximum atomic E-state index is 13.8. The summed E-state index contributed by atoms with van der Waals surface area (Å²) >= 11 is 5.70. The molecule has 0 atom stereocenters. The minimum Gasteiger partial charge on any atom is -0.508 e. The van der Waals surface area contributed by atoms with Crippen LogP contribution in [0, 0.1) is 12.7 Å². The van der Waals surface area contributed by atoms with E-state index in [4.69, 9.17) is 11.6 Å². The quantitative estimate of drug-likeness (QED) is 0.713. The summed E-state index contributed by atoms with van der Waals surface area (Å²) in [5.41, 5.74) is 1.86. The van der Waals surface area contributed by atoms with Gasteiger partial charge in [-0.3, -0.25) is 14.2 Å². The number of fused-ring (bicyclic) bond motifs is 1. The van der Waals surface area contributed by atoms with Gasteiger partial charge in [0.1, 0.15) is 11.6 Å². The fourth-order valence-electron chi connectivity index (χ4n) is 3.13. The number of aromatic nitrogens is 1. The molecular formula is C20H18ClFN2O3. The molecule has 0 aliphatic carbocycles. The Labute approximate surface area is 160 Å². The third kappa shape index (κ3) is 3.53. The van der Waals surface area contributed by atoms with E-state index >= 15 is 0 Å². The Hall–Kier alpha value is -2.86. The summed E-state index contributed by atoms with van der Waals surface area (Å²) in [7, 11) is 0. The average Bonchev–Trinajstić information content (AvgIpc) is 2.88. The topological polar surface area (TPSA) is 71.3 Å². The van der Waals surface area contributed by atoms with Crippen molar-refractivity contribution in [3.05, 3.63) is 64.1 Å². The molecule has 3 rings (SSSR count). The van der Waals surface area contributed by atoms with E-state index in [1.54, 1.807) is 13.0 Å². The van der Waals surface area contributed by atoms with Gasteiger partial charge in [0.15, 0.2) is 0 Å². The van der Waals surface area contributed by atoms with Gasteiger partial charge in [-0.25, -0.2) is 4.39 Å². The summed E-state index contributed by atoms with van der Waals surface area (Å²) in [4.78, 5) is 25.1. The molecule has 1 heterocycles. The van der Waals surface area contributed by atoms with E-state index in [-0.39, 0.29) is 28.7 Å². The number of phenols is 1. The normalized spacial score (nSPS) is 11.0. The van der Waals surface area contributed by atoms with Crippen LogP contribution in [-0.2, 0) is 11.2 Å². The predicted molar refractivity (Wildman–Crippen MR) is 102 cm³/mol. The van der Waals surface area contributed by atoms with Crippen LogP contribution in [0.15, 0.2) is 36.4 Å². The number of rotatable bonds is 4. The SMILES string of the molecule is CCNC(=O)Cc1c(C)n(C(=O)c2ccc(Cl)c(F)c2)c2ccc(O)cc12. The van der Waals surface area contributed by atoms with Crippen LogP contribution in [-0.4, -0.2) is 28.0 Å². The molecule has 27 heavy (non-hydrogen) atoms.